The SMILES string of the molecule is C1=Cc2cc3ccc(cc4ccc(cc5nc(cc1n2)C=C5)[nH]4)[nH]3.CCCl. The van der Waals surface area contributed by atoms with Crippen LogP contribution in [0, 0.1) is 0 Å². The van der Waals surface area contributed by atoms with Crippen molar-refractivity contribution >= 4 is 58.0 Å². The molecule has 3 aromatic heterocycles. The maximum Gasteiger partial charge on any atom is 0.0659 e. The first-order chi connectivity index (χ1) is 13.2. The molecule has 4 nitrogen and oxygen atoms in total. The quantitative estimate of drug-likeness (QED) is 0.331. The van der Waals surface area contributed by atoms with E-state index in [0.29, 0.717) is 0 Å². The summed E-state index contributed by atoms with van der Waals surface area (Å²) in [5.41, 5.74) is 7.86. The number of hydrogen-bond donors (Lipinski definition) is 2. The van der Waals surface area contributed by atoms with E-state index in [1.807, 2.05) is 49.4 Å². The molecule has 134 valence electrons. The number of aromatic amines is 2. The second-order valence-corrected chi connectivity index (χ2v) is 6.71. The van der Waals surface area contributed by atoms with E-state index in [4.69, 9.17) is 11.6 Å². The van der Waals surface area contributed by atoms with Crippen LogP contribution in [0.3, 0.4) is 0 Å². The molecule has 0 atom stereocenters. The van der Waals surface area contributed by atoms with Crippen LogP contribution in [0.15, 0.2) is 48.5 Å². The topological polar surface area (TPSA) is 57.4 Å². The molecule has 5 heteroatoms. The van der Waals surface area contributed by atoms with Gasteiger partial charge in [-0.05, 0) is 72.8 Å². The fourth-order valence-electron chi connectivity index (χ4n) is 2.94. The molecule has 0 saturated heterocycles. The van der Waals surface area contributed by atoms with Gasteiger partial charge in [0.2, 0.25) is 0 Å². The molecule has 5 rings (SSSR count). The number of halogens is 1. The Balaban J connectivity index is 0.000000565. The molecule has 2 aliphatic rings. The number of alkyl halides is 1. The van der Waals surface area contributed by atoms with Gasteiger partial charge in [0, 0.05) is 27.9 Å². The maximum atomic E-state index is 5.00. The Bertz CT molecular complexity index is 1090. The van der Waals surface area contributed by atoms with Crippen LogP contribution < -0.4 is 0 Å². The van der Waals surface area contributed by atoms with Crippen LogP contribution in [0.4, 0.5) is 0 Å². The minimum absolute atomic E-state index is 0.722. The zero-order valence-electron chi connectivity index (χ0n) is 14.9. The lowest BCUT2D eigenvalue weighted by Crippen LogP contribution is -1.77. The molecule has 2 N–H and O–H groups in total. The van der Waals surface area contributed by atoms with Crippen LogP contribution in [0.25, 0.3) is 46.4 Å². The minimum atomic E-state index is 0.722. The zero-order chi connectivity index (χ0) is 18.6. The molecule has 0 amide bonds. The molecule has 8 bridgehead atoms. The predicted molar refractivity (Wildman–Crippen MR) is 115 cm³/mol. The molecular weight excluding hydrogens is 356 g/mol. The van der Waals surface area contributed by atoms with Gasteiger partial charge in [0.1, 0.15) is 0 Å². The van der Waals surface area contributed by atoms with Crippen molar-refractivity contribution < 1.29 is 0 Å². The third-order valence-electron chi connectivity index (χ3n) is 4.04. The number of nitrogens with one attached hydrogen (secondary N) is 2. The summed E-state index contributed by atoms with van der Waals surface area (Å²) in [5, 5.41) is 0. The number of H-pyrrole nitrogens is 2. The van der Waals surface area contributed by atoms with Gasteiger partial charge in [-0.3, -0.25) is 0 Å². The largest absolute Gasteiger partial charge is 0.355 e. The normalized spacial score (nSPS) is 11.9. The van der Waals surface area contributed by atoms with Gasteiger partial charge in [0.05, 0.1) is 22.8 Å². The molecule has 5 heterocycles. The van der Waals surface area contributed by atoms with Crippen molar-refractivity contribution in [2.24, 2.45) is 0 Å². The van der Waals surface area contributed by atoms with Crippen LogP contribution in [0.2, 0.25) is 0 Å². The third-order valence-corrected chi connectivity index (χ3v) is 4.04. The summed E-state index contributed by atoms with van der Waals surface area (Å²) in [6.45, 7) is 1.89. The van der Waals surface area contributed by atoms with Crippen molar-refractivity contribution in [3.8, 4) is 0 Å². The maximum absolute atomic E-state index is 5.00. The average molecular weight is 375 g/mol. The second-order valence-electron chi connectivity index (χ2n) is 6.17. The number of fused-ring (bicyclic) bond motifs is 8. The molecule has 2 aliphatic heterocycles. The van der Waals surface area contributed by atoms with Gasteiger partial charge in [-0.1, -0.05) is 6.92 Å². The highest BCUT2D eigenvalue weighted by Crippen LogP contribution is 2.17. The standard InChI is InChI=1S/C20H14N4.C2H5Cl/c1-2-14-10-16-5-6-18(23-16)12-20-8-7-19(24-20)11-17-4-3-15(22-17)9-13(1)21-14;1-2-3/h1-12,21-22H;2H2,1H3. The molecule has 0 radical (unpaired) electrons. The van der Waals surface area contributed by atoms with Gasteiger partial charge in [-0.25, -0.2) is 9.97 Å². The van der Waals surface area contributed by atoms with Crippen molar-refractivity contribution in [3.63, 3.8) is 0 Å². The third kappa shape index (κ3) is 4.18. The van der Waals surface area contributed by atoms with Gasteiger partial charge in [-0.2, -0.15) is 0 Å². The summed E-state index contributed by atoms with van der Waals surface area (Å²) in [4.78, 5) is 16.0. The smallest absolute Gasteiger partial charge is 0.0659 e. The van der Waals surface area contributed by atoms with Crippen LogP contribution in [0.5, 0.6) is 0 Å². The van der Waals surface area contributed by atoms with E-state index in [0.717, 1.165) is 50.7 Å². The monoisotopic (exact) mass is 374 g/mol. The second kappa shape index (κ2) is 7.64. The Labute approximate surface area is 162 Å². The van der Waals surface area contributed by atoms with E-state index < -0.39 is 0 Å². The van der Waals surface area contributed by atoms with Crippen LogP contribution in [-0.4, -0.2) is 25.8 Å². The average Bonchev–Trinajstić information content (AvgIpc) is 3.41. The van der Waals surface area contributed by atoms with Crippen molar-refractivity contribution in [1.29, 1.82) is 0 Å². The lowest BCUT2D eigenvalue weighted by atomic mass is 10.3. The molecule has 0 spiro atoms. The van der Waals surface area contributed by atoms with E-state index in [1.165, 1.54) is 0 Å². The summed E-state index contributed by atoms with van der Waals surface area (Å²) < 4.78 is 0. The Morgan fingerprint density at radius 3 is 1.37 bits per heavy atom. The first-order valence-corrected chi connectivity index (χ1v) is 9.36. The van der Waals surface area contributed by atoms with Crippen LogP contribution >= 0.6 is 11.6 Å². The Morgan fingerprint density at radius 1 is 0.630 bits per heavy atom. The minimum Gasteiger partial charge on any atom is -0.355 e. The van der Waals surface area contributed by atoms with E-state index in [-0.39, 0.29) is 0 Å². The summed E-state index contributed by atoms with van der Waals surface area (Å²) in [5.74, 6) is 0.722. The van der Waals surface area contributed by atoms with Crippen molar-refractivity contribution in [2.45, 2.75) is 6.92 Å². The number of hydrogen-bond acceptors (Lipinski definition) is 2. The number of rotatable bonds is 0. The van der Waals surface area contributed by atoms with E-state index in [9.17, 15) is 0 Å². The van der Waals surface area contributed by atoms with E-state index >= 15 is 0 Å². The number of nitrogens with zero attached hydrogens (tertiary/aromatic N) is 2. The van der Waals surface area contributed by atoms with Crippen molar-refractivity contribution in [2.75, 3.05) is 5.88 Å². The highest BCUT2D eigenvalue weighted by Gasteiger charge is 2.02. The first kappa shape index (κ1) is 17.3. The summed E-state index contributed by atoms with van der Waals surface area (Å²) in [6.07, 6.45) is 8.05. The van der Waals surface area contributed by atoms with Crippen molar-refractivity contribution in [1.82, 2.24) is 19.9 Å². The number of aromatic nitrogens is 4. The summed E-state index contributed by atoms with van der Waals surface area (Å²) in [7, 11) is 0. The van der Waals surface area contributed by atoms with E-state index in [2.05, 4.69) is 50.3 Å². The van der Waals surface area contributed by atoms with Crippen LogP contribution in [-0.2, 0) is 0 Å². The zero-order valence-corrected chi connectivity index (χ0v) is 15.7. The Kier molecular flexibility index (Phi) is 4.90. The summed E-state index contributed by atoms with van der Waals surface area (Å²) in [6, 6.07) is 16.4. The molecular formula is C22H19ClN4. The fourth-order valence-corrected chi connectivity index (χ4v) is 2.94. The Morgan fingerprint density at radius 2 is 0.963 bits per heavy atom. The first-order valence-electron chi connectivity index (χ1n) is 8.82. The molecule has 27 heavy (non-hydrogen) atoms. The lowest BCUT2D eigenvalue weighted by Gasteiger charge is -1.86. The van der Waals surface area contributed by atoms with Crippen molar-refractivity contribution in [3.05, 3.63) is 71.3 Å². The highest BCUT2D eigenvalue weighted by atomic mass is 35.5. The summed E-state index contributed by atoms with van der Waals surface area (Å²) >= 11 is 5.00. The van der Waals surface area contributed by atoms with Gasteiger partial charge < -0.3 is 9.97 Å². The Hall–Kier alpha value is -3.11. The van der Waals surface area contributed by atoms with Gasteiger partial charge >= 0.3 is 0 Å². The lowest BCUT2D eigenvalue weighted by molar-refractivity contribution is 1.28. The highest BCUT2D eigenvalue weighted by molar-refractivity contribution is 6.17. The van der Waals surface area contributed by atoms with Gasteiger partial charge in [-0.15, -0.1) is 11.6 Å². The van der Waals surface area contributed by atoms with Crippen LogP contribution in [0.1, 0.15) is 29.7 Å². The van der Waals surface area contributed by atoms with Gasteiger partial charge in [0.15, 0.2) is 0 Å². The van der Waals surface area contributed by atoms with Gasteiger partial charge in [0.25, 0.3) is 0 Å². The predicted octanol–water partition coefficient (Wildman–Crippen LogP) is 5.90. The molecule has 3 aromatic rings. The van der Waals surface area contributed by atoms with E-state index in [1.54, 1.807) is 0 Å². The molecule has 0 aromatic carbocycles. The molecule has 0 unspecified atom stereocenters. The fraction of sp³-hybridized carbons (Fsp3) is 0.0909. The molecule has 0 aliphatic carbocycles. The molecule has 0 saturated carbocycles. The molecule has 0 fully saturated rings.